The number of hydrogen-bond acceptors (Lipinski definition) is 3. The minimum Gasteiger partial charge on any atom is -0.490 e. The lowest BCUT2D eigenvalue weighted by Crippen LogP contribution is -2.48. The van der Waals surface area contributed by atoms with Gasteiger partial charge in [-0.1, -0.05) is 17.7 Å². The van der Waals surface area contributed by atoms with E-state index in [1.807, 2.05) is 6.92 Å². The summed E-state index contributed by atoms with van der Waals surface area (Å²) in [7, 11) is 0. The Kier molecular flexibility index (Phi) is 4.23. The summed E-state index contributed by atoms with van der Waals surface area (Å²) in [4.78, 5) is 0. The van der Waals surface area contributed by atoms with Crippen LogP contribution >= 0.6 is 0 Å². The molecule has 116 valence electrons. The standard InChI is InChI=1S/C18H27NO2/c1-13-4-5-17(15(10-13)11-14(2)19)21-16-6-9-20-18(12-16)7-3-8-18/h4-5,10,14,16H,3,6-9,11-12,19H2,1-2H3. The van der Waals surface area contributed by atoms with Gasteiger partial charge in [-0.2, -0.15) is 0 Å². The summed E-state index contributed by atoms with van der Waals surface area (Å²) >= 11 is 0. The minimum absolute atomic E-state index is 0.134. The minimum atomic E-state index is 0.134. The summed E-state index contributed by atoms with van der Waals surface area (Å²) in [5.74, 6) is 1.01. The number of hydrogen-bond donors (Lipinski definition) is 1. The lowest BCUT2D eigenvalue weighted by Gasteiger charge is -2.47. The van der Waals surface area contributed by atoms with Crippen molar-refractivity contribution in [2.75, 3.05) is 6.61 Å². The average molecular weight is 289 g/mol. The molecule has 2 atom stereocenters. The second kappa shape index (κ2) is 5.98. The molecule has 0 bridgehead atoms. The van der Waals surface area contributed by atoms with E-state index in [0.717, 1.165) is 31.6 Å². The zero-order chi connectivity index (χ0) is 14.9. The fraction of sp³-hybridized carbons (Fsp3) is 0.667. The van der Waals surface area contributed by atoms with Crippen molar-refractivity contribution in [3.8, 4) is 5.75 Å². The molecule has 2 aliphatic rings. The first-order valence-electron chi connectivity index (χ1n) is 8.22. The summed E-state index contributed by atoms with van der Waals surface area (Å²) in [6.07, 6.45) is 6.89. The Balaban J connectivity index is 1.71. The lowest BCUT2D eigenvalue weighted by atomic mass is 9.74. The van der Waals surface area contributed by atoms with Gasteiger partial charge >= 0.3 is 0 Å². The largest absolute Gasteiger partial charge is 0.490 e. The van der Waals surface area contributed by atoms with E-state index in [4.69, 9.17) is 15.2 Å². The van der Waals surface area contributed by atoms with Gasteiger partial charge in [0.1, 0.15) is 11.9 Å². The topological polar surface area (TPSA) is 44.5 Å². The van der Waals surface area contributed by atoms with Crippen molar-refractivity contribution < 1.29 is 9.47 Å². The molecule has 0 amide bonds. The Morgan fingerprint density at radius 1 is 1.43 bits per heavy atom. The van der Waals surface area contributed by atoms with Crippen LogP contribution in [0, 0.1) is 6.92 Å². The van der Waals surface area contributed by atoms with Crippen LogP contribution in [0.4, 0.5) is 0 Å². The van der Waals surface area contributed by atoms with Crippen molar-refractivity contribution in [2.45, 2.75) is 70.1 Å². The van der Waals surface area contributed by atoms with E-state index in [2.05, 4.69) is 25.1 Å². The molecule has 1 aliphatic heterocycles. The Bertz CT molecular complexity index is 494. The predicted octanol–water partition coefficient (Wildman–Crippen LogP) is 3.37. The summed E-state index contributed by atoms with van der Waals surface area (Å²) in [6, 6.07) is 6.59. The molecule has 1 heterocycles. The molecular weight excluding hydrogens is 262 g/mol. The Morgan fingerprint density at radius 3 is 2.90 bits per heavy atom. The van der Waals surface area contributed by atoms with Gasteiger partial charge in [0.25, 0.3) is 0 Å². The van der Waals surface area contributed by atoms with E-state index >= 15 is 0 Å². The molecule has 1 saturated carbocycles. The van der Waals surface area contributed by atoms with E-state index in [0.29, 0.717) is 0 Å². The molecule has 1 saturated heterocycles. The van der Waals surface area contributed by atoms with Crippen LogP contribution < -0.4 is 10.5 Å². The van der Waals surface area contributed by atoms with Crippen LogP contribution in [0.15, 0.2) is 18.2 Å². The fourth-order valence-electron chi connectivity index (χ4n) is 3.51. The Morgan fingerprint density at radius 2 is 2.24 bits per heavy atom. The first-order valence-corrected chi connectivity index (χ1v) is 8.22. The summed E-state index contributed by atoms with van der Waals surface area (Å²) in [6.45, 7) is 5.00. The average Bonchev–Trinajstić information content (AvgIpc) is 2.40. The van der Waals surface area contributed by atoms with Crippen LogP contribution in [0.1, 0.15) is 50.2 Å². The van der Waals surface area contributed by atoms with E-state index in [-0.39, 0.29) is 17.7 Å². The van der Waals surface area contributed by atoms with Gasteiger partial charge in [-0.3, -0.25) is 0 Å². The van der Waals surface area contributed by atoms with Crippen LogP contribution in [0.25, 0.3) is 0 Å². The number of nitrogens with two attached hydrogens (primary N) is 1. The smallest absolute Gasteiger partial charge is 0.122 e. The molecule has 1 aromatic rings. The molecule has 21 heavy (non-hydrogen) atoms. The Hall–Kier alpha value is -1.06. The van der Waals surface area contributed by atoms with E-state index in [9.17, 15) is 0 Å². The van der Waals surface area contributed by atoms with Crippen molar-refractivity contribution in [3.63, 3.8) is 0 Å². The molecule has 1 aliphatic carbocycles. The highest BCUT2D eigenvalue weighted by atomic mass is 16.5. The van der Waals surface area contributed by atoms with Crippen molar-refractivity contribution in [1.82, 2.24) is 0 Å². The summed E-state index contributed by atoms with van der Waals surface area (Å²) in [5.41, 5.74) is 8.61. The third kappa shape index (κ3) is 3.41. The zero-order valence-corrected chi connectivity index (χ0v) is 13.2. The van der Waals surface area contributed by atoms with E-state index < -0.39 is 0 Å². The van der Waals surface area contributed by atoms with Crippen LogP contribution in [-0.4, -0.2) is 24.4 Å². The highest BCUT2D eigenvalue weighted by molar-refractivity contribution is 5.37. The number of aryl methyl sites for hydroxylation is 1. The van der Waals surface area contributed by atoms with Gasteiger partial charge in [0.05, 0.1) is 12.2 Å². The highest BCUT2D eigenvalue weighted by Gasteiger charge is 2.43. The van der Waals surface area contributed by atoms with Gasteiger partial charge in [-0.15, -0.1) is 0 Å². The zero-order valence-electron chi connectivity index (χ0n) is 13.2. The van der Waals surface area contributed by atoms with E-state index in [1.165, 1.54) is 30.4 Å². The van der Waals surface area contributed by atoms with Crippen LogP contribution in [0.3, 0.4) is 0 Å². The highest BCUT2D eigenvalue weighted by Crippen LogP contribution is 2.43. The molecule has 2 N–H and O–H groups in total. The van der Waals surface area contributed by atoms with Crippen molar-refractivity contribution in [2.24, 2.45) is 5.73 Å². The van der Waals surface area contributed by atoms with Gasteiger partial charge < -0.3 is 15.2 Å². The third-order valence-electron chi connectivity index (χ3n) is 4.76. The first-order chi connectivity index (χ1) is 10.1. The summed E-state index contributed by atoms with van der Waals surface area (Å²) in [5, 5.41) is 0. The molecule has 0 radical (unpaired) electrons. The lowest BCUT2D eigenvalue weighted by molar-refractivity contribution is -0.153. The maximum Gasteiger partial charge on any atom is 0.122 e. The molecule has 1 aromatic carbocycles. The van der Waals surface area contributed by atoms with Gasteiger partial charge in [0, 0.05) is 18.9 Å². The first kappa shape index (κ1) is 14.9. The molecule has 1 spiro atoms. The molecule has 2 unspecified atom stereocenters. The molecular formula is C18H27NO2. The quantitative estimate of drug-likeness (QED) is 0.924. The van der Waals surface area contributed by atoms with Gasteiger partial charge in [0.15, 0.2) is 0 Å². The third-order valence-corrected chi connectivity index (χ3v) is 4.76. The van der Waals surface area contributed by atoms with Gasteiger partial charge in [0.2, 0.25) is 0 Å². The van der Waals surface area contributed by atoms with Crippen LogP contribution in [0.2, 0.25) is 0 Å². The molecule has 3 nitrogen and oxygen atoms in total. The van der Waals surface area contributed by atoms with E-state index in [1.54, 1.807) is 0 Å². The second-order valence-corrected chi connectivity index (χ2v) is 6.91. The normalized spacial score (nSPS) is 25.4. The van der Waals surface area contributed by atoms with Gasteiger partial charge in [-0.05, 0) is 51.2 Å². The van der Waals surface area contributed by atoms with Crippen LogP contribution in [0.5, 0.6) is 5.75 Å². The maximum absolute atomic E-state index is 6.34. The fourth-order valence-corrected chi connectivity index (χ4v) is 3.51. The van der Waals surface area contributed by atoms with Gasteiger partial charge in [-0.25, -0.2) is 0 Å². The molecule has 3 rings (SSSR count). The molecule has 3 heteroatoms. The number of benzene rings is 1. The molecule has 2 fully saturated rings. The van der Waals surface area contributed by atoms with Crippen molar-refractivity contribution in [1.29, 1.82) is 0 Å². The number of ether oxygens (including phenoxy) is 2. The Labute approximate surface area is 127 Å². The van der Waals surface area contributed by atoms with Crippen molar-refractivity contribution in [3.05, 3.63) is 29.3 Å². The maximum atomic E-state index is 6.34. The van der Waals surface area contributed by atoms with Crippen LogP contribution in [-0.2, 0) is 11.2 Å². The molecule has 0 aromatic heterocycles. The summed E-state index contributed by atoms with van der Waals surface area (Å²) < 4.78 is 12.3. The second-order valence-electron chi connectivity index (χ2n) is 6.91. The SMILES string of the molecule is Cc1ccc(OC2CCOC3(CCC3)C2)c(CC(C)N)c1. The predicted molar refractivity (Wildman–Crippen MR) is 84.7 cm³/mol. The number of rotatable bonds is 4. The van der Waals surface area contributed by atoms with Crippen molar-refractivity contribution >= 4 is 0 Å². The monoisotopic (exact) mass is 289 g/mol.